The molecule has 0 rings (SSSR count). The lowest BCUT2D eigenvalue weighted by Crippen LogP contribution is -2.37. The molecule has 8 nitrogen and oxygen atoms in total. The second kappa shape index (κ2) is 40.0. The van der Waals surface area contributed by atoms with E-state index in [1.54, 1.807) is 0 Å². The van der Waals surface area contributed by atoms with E-state index < -0.39 is 13.9 Å². The Morgan fingerprint density at radius 1 is 0.545 bits per heavy atom. The molecular formula is C46H92NO7P. The minimum Gasteiger partial charge on any atom is -0.756 e. The number of allylic oxidation sites excluding steroid dienone is 2. The van der Waals surface area contributed by atoms with Gasteiger partial charge >= 0.3 is 5.97 Å². The lowest BCUT2D eigenvalue weighted by Gasteiger charge is -2.28. The molecule has 2 unspecified atom stereocenters. The van der Waals surface area contributed by atoms with Crippen LogP contribution in [0.4, 0.5) is 0 Å². The Morgan fingerprint density at radius 2 is 0.945 bits per heavy atom. The first-order chi connectivity index (χ1) is 26.6. The first kappa shape index (κ1) is 54.2. The zero-order valence-electron chi connectivity index (χ0n) is 37.1. The van der Waals surface area contributed by atoms with Crippen molar-refractivity contribution >= 4 is 13.8 Å². The lowest BCUT2D eigenvalue weighted by atomic mass is 10.0. The number of hydrogen-bond acceptors (Lipinski definition) is 7. The zero-order chi connectivity index (χ0) is 40.6. The molecule has 2 atom stereocenters. The van der Waals surface area contributed by atoms with Crippen molar-refractivity contribution < 1.29 is 37.3 Å². The highest BCUT2D eigenvalue weighted by Gasteiger charge is 2.20. The van der Waals surface area contributed by atoms with Gasteiger partial charge < -0.3 is 27.9 Å². The van der Waals surface area contributed by atoms with Gasteiger partial charge in [0.1, 0.15) is 19.3 Å². The highest BCUT2D eigenvalue weighted by Crippen LogP contribution is 2.38. The molecule has 0 aromatic carbocycles. The van der Waals surface area contributed by atoms with Gasteiger partial charge in [-0.1, -0.05) is 187 Å². The molecule has 0 bridgehead atoms. The molecule has 0 saturated carbocycles. The third-order valence-electron chi connectivity index (χ3n) is 10.3. The van der Waals surface area contributed by atoms with Crippen molar-refractivity contribution in [3.8, 4) is 0 Å². The summed E-state index contributed by atoms with van der Waals surface area (Å²) in [5, 5.41) is 0. The van der Waals surface area contributed by atoms with Gasteiger partial charge in [-0.25, -0.2) is 0 Å². The summed E-state index contributed by atoms with van der Waals surface area (Å²) in [6.07, 6.45) is 43.6. The lowest BCUT2D eigenvalue weighted by molar-refractivity contribution is -0.870. The Morgan fingerprint density at radius 3 is 1.38 bits per heavy atom. The van der Waals surface area contributed by atoms with Crippen LogP contribution in [0.2, 0.25) is 0 Å². The first-order valence-electron chi connectivity index (χ1n) is 23.4. The van der Waals surface area contributed by atoms with Gasteiger partial charge in [-0.05, 0) is 38.5 Å². The molecular weight excluding hydrogens is 709 g/mol. The Balaban J connectivity index is 4.17. The molecule has 0 aromatic rings. The number of nitrogens with zero attached hydrogens (tertiary/aromatic N) is 1. The number of quaternary nitrogens is 1. The number of phosphoric ester groups is 1. The Kier molecular flexibility index (Phi) is 39.5. The average Bonchev–Trinajstić information content (AvgIpc) is 3.13. The summed E-state index contributed by atoms with van der Waals surface area (Å²) in [7, 11) is 1.36. The minimum absolute atomic E-state index is 0.0283. The molecule has 9 heteroatoms. The van der Waals surface area contributed by atoms with E-state index in [-0.39, 0.29) is 25.8 Å². The van der Waals surface area contributed by atoms with E-state index in [1.165, 1.54) is 167 Å². The maximum Gasteiger partial charge on any atom is 0.306 e. The van der Waals surface area contributed by atoms with E-state index in [0.717, 1.165) is 32.1 Å². The number of hydrogen-bond donors (Lipinski definition) is 0. The van der Waals surface area contributed by atoms with Crippen LogP contribution >= 0.6 is 7.82 Å². The molecule has 0 fully saturated rings. The van der Waals surface area contributed by atoms with E-state index in [9.17, 15) is 14.3 Å². The highest BCUT2D eigenvalue weighted by atomic mass is 31.2. The average molecular weight is 802 g/mol. The third kappa shape index (κ3) is 44.2. The smallest absolute Gasteiger partial charge is 0.306 e. The summed E-state index contributed by atoms with van der Waals surface area (Å²) in [5.74, 6) is -0.331. The van der Waals surface area contributed by atoms with Gasteiger partial charge in [0.15, 0.2) is 0 Å². The summed E-state index contributed by atoms with van der Waals surface area (Å²) in [5.41, 5.74) is 0. The van der Waals surface area contributed by atoms with Crippen LogP contribution in [0.25, 0.3) is 0 Å². The first-order valence-corrected chi connectivity index (χ1v) is 24.9. The molecule has 0 radical (unpaired) electrons. The van der Waals surface area contributed by atoms with Crippen LogP contribution in [0.15, 0.2) is 12.2 Å². The fraction of sp³-hybridized carbons (Fsp3) is 0.935. The monoisotopic (exact) mass is 802 g/mol. The molecule has 0 aliphatic rings. The number of rotatable bonds is 44. The van der Waals surface area contributed by atoms with Crippen molar-refractivity contribution in [2.24, 2.45) is 0 Å². The van der Waals surface area contributed by atoms with Gasteiger partial charge in [-0.3, -0.25) is 9.36 Å². The van der Waals surface area contributed by atoms with Crippen LogP contribution in [-0.4, -0.2) is 70.7 Å². The summed E-state index contributed by atoms with van der Waals surface area (Å²) < 4.78 is 34.6. The Labute approximate surface area is 341 Å². The van der Waals surface area contributed by atoms with Crippen LogP contribution < -0.4 is 4.89 Å². The zero-order valence-corrected chi connectivity index (χ0v) is 38.0. The van der Waals surface area contributed by atoms with Crippen LogP contribution in [0.3, 0.4) is 0 Å². The molecule has 0 saturated heterocycles. The fourth-order valence-corrected chi connectivity index (χ4v) is 7.39. The van der Waals surface area contributed by atoms with E-state index >= 15 is 0 Å². The van der Waals surface area contributed by atoms with E-state index in [4.69, 9.17) is 18.5 Å². The molecule has 0 aliphatic heterocycles. The molecule has 0 aliphatic carbocycles. The van der Waals surface area contributed by atoms with Gasteiger partial charge in [0.05, 0.1) is 34.4 Å². The predicted molar refractivity (Wildman–Crippen MR) is 231 cm³/mol. The van der Waals surface area contributed by atoms with Gasteiger partial charge in [0, 0.05) is 13.0 Å². The molecule has 0 spiro atoms. The number of esters is 1. The van der Waals surface area contributed by atoms with E-state index in [2.05, 4.69) is 26.0 Å². The number of carbonyl (C=O) groups is 1. The van der Waals surface area contributed by atoms with Crippen LogP contribution in [0.5, 0.6) is 0 Å². The van der Waals surface area contributed by atoms with Gasteiger partial charge in [-0.2, -0.15) is 0 Å². The summed E-state index contributed by atoms with van der Waals surface area (Å²) in [6, 6.07) is 0. The Hall–Kier alpha value is -0.760. The number of likely N-dealkylation sites (N-methyl/N-ethyl adjacent to an activating group) is 1. The fourth-order valence-electron chi connectivity index (χ4n) is 6.66. The minimum atomic E-state index is -4.52. The molecule has 0 N–H and O–H groups in total. The van der Waals surface area contributed by atoms with Crippen molar-refractivity contribution in [3.63, 3.8) is 0 Å². The number of phosphoric acid groups is 1. The van der Waals surface area contributed by atoms with Crippen molar-refractivity contribution in [2.75, 3.05) is 54.1 Å². The number of ether oxygens (including phenoxy) is 2. The van der Waals surface area contributed by atoms with E-state index in [1.807, 2.05) is 21.1 Å². The SMILES string of the molecule is CCCCCCC/C=C\CCCCCCCCOCC(COP(=O)([O-])OCC[N+](C)(C)C)OC(=O)CCCCCCCCCCCCCCCCCCCC. The summed E-state index contributed by atoms with van der Waals surface area (Å²) in [6.45, 7) is 5.43. The quantitative estimate of drug-likeness (QED) is 0.0199. The van der Waals surface area contributed by atoms with Crippen molar-refractivity contribution in [2.45, 2.75) is 225 Å². The molecule has 0 aromatic heterocycles. The summed E-state index contributed by atoms with van der Waals surface area (Å²) in [4.78, 5) is 25.1. The molecule has 55 heavy (non-hydrogen) atoms. The van der Waals surface area contributed by atoms with Crippen molar-refractivity contribution in [1.82, 2.24) is 0 Å². The van der Waals surface area contributed by atoms with Gasteiger partial charge in [0.25, 0.3) is 7.82 Å². The molecule has 0 heterocycles. The largest absolute Gasteiger partial charge is 0.756 e. The highest BCUT2D eigenvalue weighted by molar-refractivity contribution is 7.45. The molecule has 328 valence electrons. The summed E-state index contributed by atoms with van der Waals surface area (Å²) >= 11 is 0. The van der Waals surface area contributed by atoms with Gasteiger partial charge in [0.2, 0.25) is 0 Å². The maximum atomic E-state index is 12.7. The van der Waals surface area contributed by atoms with E-state index in [0.29, 0.717) is 24.1 Å². The second-order valence-corrected chi connectivity index (χ2v) is 18.5. The van der Waals surface area contributed by atoms with Gasteiger partial charge in [-0.15, -0.1) is 0 Å². The number of unbranched alkanes of at least 4 members (excludes halogenated alkanes) is 28. The second-order valence-electron chi connectivity index (χ2n) is 17.1. The van der Waals surface area contributed by atoms with Crippen LogP contribution in [0, 0.1) is 0 Å². The topological polar surface area (TPSA) is 94.1 Å². The maximum absolute atomic E-state index is 12.7. The predicted octanol–water partition coefficient (Wildman–Crippen LogP) is 13.2. The standard InChI is InChI=1S/C46H92NO7P/c1-6-8-10-12-14-16-18-20-22-23-24-25-27-29-31-33-35-37-39-46(48)54-45(44-53-55(49,50)52-42-40-47(3,4)5)43-51-41-38-36-34-32-30-28-26-21-19-17-15-13-11-9-7-2/h19,21,45H,6-18,20,22-44H2,1-5H3/b21-19-. The van der Waals surface area contributed by atoms with Crippen molar-refractivity contribution in [3.05, 3.63) is 12.2 Å². The van der Waals surface area contributed by atoms with Crippen LogP contribution in [-0.2, 0) is 27.9 Å². The Bertz CT molecular complexity index is 894. The number of carbonyl (C=O) groups excluding carboxylic acids is 1. The normalized spacial score (nSPS) is 13.8. The van der Waals surface area contributed by atoms with Crippen LogP contribution in [0.1, 0.15) is 219 Å². The third-order valence-corrected chi connectivity index (χ3v) is 11.3. The molecule has 0 amide bonds. The van der Waals surface area contributed by atoms with Crippen molar-refractivity contribution in [1.29, 1.82) is 0 Å².